The third-order valence-electron chi connectivity index (χ3n) is 2.72. The quantitative estimate of drug-likeness (QED) is 0.730. The molecule has 1 aromatic heterocycles. The number of alkyl halides is 1. The van der Waals surface area contributed by atoms with E-state index in [2.05, 4.69) is 0 Å². The molecule has 0 bridgehead atoms. The normalized spacial score (nSPS) is 13.0. The van der Waals surface area contributed by atoms with Crippen LogP contribution in [0.1, 0.15) is 35.0 Å². The fourth-order valence-corrected chi connectivity index (χ4v) is 3.99. The van der Waals surface area contributed by atoms with E-state index < -0.39 is 20.3 Å². The molecule has 0 spiro atoms. The van der Waals surface area contributed by atoms with Crippen molar-refractivity contribution in [2.24, 2.45) is 0 Å². The van der Waals surface area contributed by atoms with Crippen LogP contribution in [0.15, 0.2) is 24.3 Å². The summed E-state index contributed by atoms with van der Waals surface area (Å²) in [6.07, 6.45) is 0. The average Bonchev–Trinajstić information content (AvgIpc) is 2.89. The second-order valence-corrected chi connectivity index (χ2v) is 6.79. The first kappa shape index (κ1) is 16.3. The fourth-order valence-electron chi connectivity index (χ4n) is 1.86. The molecule has 0 aliphatic heterocycles. The van der Waals surface area contributed by atoms with E-state index in [1.165, 1.54) is 11.3 Å². The molecule has 0 amide bonds. The molecule has 0 fully saturated rings. The second-order valence-electron chi connectivity index (χ2n) is 4.17. The van der Waals surface area contributed by atoms with E-state index in [0.29, 0.717) is 18.8 Å². The molecule has 0 radical (unpaired) electrons. The summed E-state index contributed by atoms with van der Waals surface area (Å²) in [5.74, 6) is -2.32. The van der Waals surface area contributed by atoms with Crippen molar-refractivity contribution in [1.82, 2.24) is 0 Å². The Balaban J connectivity index is 2.30. The van der Waals surface area contributed by atoms with Crippen molar-refractivity contribution in [3.05, 3.63) is 34.7 Å². The lowest BCUT2D eigenvalue weighted by Crippen LogP contribution is -1.98. The van der Waals surface area contributed by atoms with Gasteiger partial charge in [-0.3, -0.25) is 0 Å². The van der Waals surface area contributed by atoms with Gasteiger partial charge in [-0.15, -0.1) is 11.3 Å². The second kappa shape index (κ2) is 7.27. The Bertz CT molecular complexity index is 624. The minimum atomic E-state index is -1.64. The number of halogens is 1. The third-order valence-corrected chi connectivity index (χ3v) is 5.52. The van der Waals surface area contributed by atoms with Crippen molar-refractivity contribution in [3.8, 4) is 0 Å². The standard InChI is InChI=1S/C14H16FO4PS/c1-3-18-20(19-4-2)13(15)9-5-6-11-10(7-9)8-12(21-11)14(16)17/h5-8,13H,3-4H2,1-2H3,(H,16,17). The number of carboxylic acids is 1. The highest BCUT2D eigenvalue weighted by atomic mass is 32.1. The number of thiophene rings is 1. The molecule has 1 aromatic carbocycles. The van der Waals surface area contributed by atoms with Crippen LogP contribution in [0.5, 0.6) is 0 Å². The smallest absolute Gasteiger partial charge is 0.345 e. The topological polar surface area (TPSA) is 55.8 Å². The van der Waals surface area contributed by atoms with Gasteiger partial charge in [0.05, 0.1) is 13.2 Å². The number of carboxylic acid groups (broad SMARTS) is 1. The number of rotatable bonds is 7. The van der Waals surface area contributed by atoms with E-state index in [1.54, 1.807) is 38.1 Å². The van der Waals surface area contributed by atoms with E-state index in [0.717, 1.165) is 10.1 Å². The maximum Gasteiger partial charge on any atom is 0.345 e. The highest BCUT2D eigenvalue weighted by Crippen LogP contribution is 2.54. The molecule has 1 heterocycles. The molecule has 1 unspecified atom stereocenters. The molecule has 2 aromatic rings. The largest absolute Gasteiger partial charge is 0.477 e. The summed E-state index contributed by atoms with van der Waals surface area (Å²) < 4.78 is 26.0. The minimum absolute atomic E-state index is 0.245. The SMILES string of the molecule is CCOP(OCC)C(F)c1ccc2sc(C(=O)O)cc2c1. The van der Waals surface area contributed by atoms with Gasteiger partial charge in [0.15, 0.2) is 5.91 Å². The summed E-state index contributed by atoms with van der Waals surface area (Å²) in [6, 6.07) is 6.61. The van der Waals surface area contributed by atoms with Gasteiger partial charge in [-0.1, -0.05) is 6.07 Å². The maximum atomic E-state index is 14.5. The van der Waals surface area contributed by atoms with Gasteiger partial charge in [0.2, 0.25) is 8.38 Å². The summed E-state index contributed by atoms with van der Waals surface area (Å²) in [5.41, 5.74) is 0.449. The van der Waals surface area contributed by atoms with Crippen LogP contribution < -0.4 is 0 Å². The number of aromatic carboxylic acids is 1. The molecular formula is C14H16FO4PS. The van der Waals surface area contributed by atoms with E-state index in [9.17, 15) is 9.18 Å². The summed E-state index contributed by atoms with van der Waals surface area (Å²) in [7, 11) is -1.64. The summed E-state index contributed by atoms with van der Waals surface area (Å²) in [4.78, 5) is 11.2. The van der Waals surface area contributed by atoms with Crippen molar-refractivity contribution in [3.63, 3.8) is 0 Å². The highest BCUT2D eigenvalue weighted by Gasteiger charge is 2.25. The summed E-state index contributed by atoms with van der Waals surface area (Å²) in [6.45, 7) is 4.36. The van der Waals surface area contributed by atoms with Gasteiger partial charge in [-0.25, -0.2) is 9.18 Å². The number of hydrogen-bond donors (Lipinski definition) is 1. The Morgan fingerprint density at radius 2 is 2.00 bits per heavy atom. The summed E-state index contributed by atoms with van der Waals surface area (Å²) >= 11 is 1.18. The molecule has 1 atom stereocenters. The van der Waals surface area contributed by atoms with Gasteiger partial charge in [0.1, 0.15) is 4.88 Å². The Morgan fingerprint density at radius 1 is 1.33 bits per heavy atom. The molecule has 0 saturated carbocycles. The lowest BCUT2D eigenvalue weighted by molar-refractivity contribution is 0.0702. The first-order chi connectivity index (χ1) is 10.1. The molecule has 0 aliphatic carbocycles. The zero-order valence-corrected chi connectivity index (χ0v) is 13.4. The lowest BCUT2D eigenvalue weighted by Gasteiger charge is -2.19. The van der Waals surface area contributed by atoms with Crippen LogP contribution in [-0.4, -0.2) is 24.3 Å². The highest BCUT2D eigenvalue weighted by molar-refractivity contribution is 7.47. The first-order valence-corrected chi connectivity index (χ1v) is 8.59. The van der Waals surface area contributed by atoms with Crippen molar-refractivity contribution >= 4 is 35.8 Å². The number of benzene rings is 1. The molecule has 21 heavy (non-hydrogen) atoms. The number of fused-ring (bicyclic) bond motifs is 1. The van der Waals surface area contributed by atoms with Gasteiger partial charge in [-0.2, -0.15) is 0 Å². The predicted octanol–water partition coefficient (Wildman–Crippen LogP) is 4.95. The van der Waals surface area contributed by atoms with Crippen LogP contribution >= 0.6 is 19.7 Å². The average molecular weight is 330 g/mol. The van der Waals surface area contributed by atoms with Crippen molar-refractivity contribution in [2.45, 2.75) is 19.8 Å². The van der Waals surface area contributed by atoms with Crippen LogP contribution in [0.2, 0.25) is 0 Å². The van der Waals surface area contributed by atoms with Crippen molar-refractivity contribution < 1.29 is 23.3 Å². The predicted molar refractivity (Wildman–Crippen MR) is 82.8 cm³/mol. The molecule has 4 nitrogen and oxygen atoms in total. The Hall–Kier alpha value is -1.07. The monoisotopic (exact) mass is 330 g/mol. The molecule has 0 saturated heterocycles. The first-order valence-electron chi connectivity index (χ1n) is 6.52. The summed E-state index contributed by atoms with van der Waals surface area (Å²) in [5, 5.41) is 9.71. The van der Waals surface area contributed by atoms with Gasteiger partial charge < -0.3 is 14.2 Å². The van der Waals surface area contributed by atoms with E-state index in [1.807, 2.05) is 0 Å². The number of hydrogen-bond acceptors (Lipinski definition) is 4. The zero-order chi connectivity index (χ0) is 15.4. The minimum Gasteiger partial charge on any atom is -0.477 e. The third kappa shape index (κ3) is 3.77. The van der Waals surface area contributed by atoms with Crippen LogP contribution in [0, 0.1) is 0 Å². The van der Waals surface area contributed by atoms with Gasteiger partial charge in [0, 0.05) is 4.70 Å². The zero-order valence-electron chi connectivity index (χ0n) is 11.7. The van der Waals surface area contributed by atoms with E-state index >= 15 is 0 Å². The van der Waals surface area contributed by atoms with Gasteiger partial charge in [0.25, 0.3) is 0 Å². The molecule has 0 aliphatic rings. The van der Waals surface area contributed by atoms with Gasteiger partial charge >= 0.3 is 5.97 Å². The van der Waals surface area contributed by atoms with Crippen LogP contribution in [0.25, 0.3) is 10.1 Å². The Kier molecular flexibility index (Phi) is 5.65. The Labute approximate surface area is 127 Å². The van der Waals surface area contributed by atoms with E-state index in [-0.39, 0.29) is 4.88 Å². The molecular weight excluding hydrogens is 314 g/mol. The van der Waals surface area contributed by atoms with Gasteiger partial charge in [-0.05, 0) is 43.0 Å². The maximum absolute atomic E-state index is 14.5. The van der Waals surface area contributed by atoms with Crippen molar-refractivity contribution in [2.75, 3.05) is 13.2 Å². The molecule has 114 valence electrons. The fraction of sp³-hybridized carbons (Fsp3) is 0.357. The van der Waals surface area contributed by atoms with E-state index in [4.69, 9.17) is 14.2 Å². The Morgan fingerprint density at radius 3 is 2.57 bits per heavy atom. The lowest BCUT2D eigenvalue weighted by atomic mass is 10.2. The molecule has 2 rings (SSSR count). The van der Waals surface area contributed by atoms with Crippen LogP contribution in [-0.2, 0) is 9.05 Å². The van der Waals surface area contributed by atoms with Crippen LogP contribution in [0.4, 0.5) is 4.39 Å². The molecule has 7 heteroatoms. The van der Waals surface area contributed by atoms with Crippen molar-refractivity contribution in [1.29, 1.82) is 0 Å². The van der Waals surface area contributed by atoms with Crippen LogP contribution in [0.3, 0.4) is 0 Å². The molecule has 1 N–H and O–H groups in total. The number of carbonyl (C=O) groups is 1.